The number of benzene rings is 2. The van der Waals surface area contributed by atoms with E-state index < -0.39 is 6.04 Å². The third-order valence-electron chi connectivity index (χ3n) is 4.61. The summed E-state index contributed by atoms with van der Waals surface area (Å²) in [5, 5.41) is 5.72. The number of ether oxygens (including phenoxy) is 2. The van der Waals surface area contributed by atoms with Gasteiger partial charge in [-0.2, -0.15) is 0 Å². The number of carbonyl (C=O) groups excluding carboxylic acids is 2. The van der Waals surface area contributed by atoms with Gasteiger partial charge >= 0.3 is 0 Å². The molecule has 2 aromatic carbocycles. The molecule has 2 rings (SSSR count). The van der Waals surface area contributed by atoms with Crippen LogP contribution in [0.3, 0.4) is 0 Å². The summed E-state index contributed by atoms with van der Waals surface area (Å²) in [5.41, 5.74) is 2.30. The fraction of sp³-hybridized carbons (Fsp3) is 0.391. The second-order valence-corrected chi connectivity index (χ2v) is 7.23. The average Bonchev–Trinajstić information content (AvgIpc) is 2.72. The van der Waals surface area contributed by atoms with Crippen LogP contribution < -0.4 is 20.1 Å². The van der Waals surface area contributed by atoms with Gasteiger partial charge in [-0.1, -0.05) is 39.3 Å². The molecule has 0 heterocycles. The first-order chi connectivity index (χ1) is 13.9. The molecule has 156 valence electrons. The smallest absolute Gasteiger partial charge is 0.252 e. The van der Waals surface area contributed by atoms with Crippen LogP contribution in [0.2, 0.25) is 0 Å². The molecule has 0 aliphatic carbocycles. The van der Waals surface area contributed by atoms with Crippen molar-refractivity contribution in [2.75, 3.05) is 19.5 Å². The van der Waals surface area contributed by atoms with E-state index in [0.29, 0.717) is 22.7 Å². The van der Waals surface area contributed by atoms with Gasteiger partial charge in [0.1, 0.15) is 17.5 Å². The molecular formula is C23H30N2O4. The Morgan fingerprint density at radius 1 is 0.966 bits per heavy atom. The van der Waals surface area contributed by atoms with E-state index in [9.17, 15) is 9.59 Å². The van der Waals surface area contributed by atoms with Crippen molar-refractivity contribution >= 4 is 17.5 Å². The third-order valence-corrected chi connectivity index (χ3v) is 4.61. The summed E-state index contributed by atoms with van der Waals surface area (Å²) in [6.07, 6.45) is 2.07. The second-order valence-electron chi connectivity index (χ2n) is 7.23. The van der Waals surface area contributed by atoms with Crippen LogP contribution >= 0.6 is 0 Å². The van der Waals surface area contributed by atoms with E-state index in [-0.39, 0.29) is 17.7 Å². The Morgan fingerprint density at radius 3 is 2.03 bits per heavy atom. The summed E-state index contributed by atoms with van der Waals surface area (Å²) < 4.78 is 10.4. The zero-order valence-corrected chi connectivity index (χ0v) is 17.7. The van der Waals surface area contributed by atoms with Gasteiger partial charge in [-0.05, 0) is 42.2 Å². The zero-order valence-electron chi connectivity index (χ0n) is 17.7. The predicted octanol–water partition coefficient (Wildman–Crippen LogP) is 4.05. The number of hydrogen-bond donors (Lipinski definition) is 2. The Balaban J connectivity index is 2.12. The summed E-state index contributed by atoms with van der Waals surface area (Å²) >= 11 is 0. The first kappa shape index (κ1) is 22.3. The van der Waals surface area contributed by atoms with Crippen molar-refractivity contribution in [3.8, 4) is 11.5 Å². The molecule has 6 nitrogen and oxygen atoms in total. The van der Waals surface area contributed by atoms with Gasteiger partial charge in [0.25, 0.3) is 5.91 Å². The molecule has 0 saturated carbocycles. The van der Waals surface area contributed by atoms with Crippen molar-refractivity contribution in [3.05, 3.63) is 53.6 Å². The molecule has 0 aliphatic rings. The fourth-order valence-electron chi connectivity index (χ4n) is 2.96. The Hall–Kier alpha value is -3.02. The van der Waals surface area contributed by atoms with Gasteiger partial charge in [0, 0.05) is 17.3 Å². The lowest BCUT2D eigenvalue weighted by Crippen LogP contribution is -2.47. The van der Waals surface area contributed by atoms with Crippen LogP contribution in [0.5, 0.6) is 11.5 Å². The highest BCUT2D eigenvalue weighted by molar-refractivity contribution is 6.01. The molecule has 1 unspecified atom stereocenters. The molecule has 0 spiro atoms. The maximum absolute atomic E-state index is 12.8. The number of nitrogens with one attached hydrogen (secondary N) is 2. The maximum Gasteiger partial charge on any atom is 0.252 e. The summed E-state index contributed by atoms with van der Waals surface area (Å²) in [6.45, 7) is 5.91. The first-order valence-corrected chi connectivity index (χ1v) is 9.81. The van der Waals surface area contributed by atoms with Crippen molar-refractivity contribution in [3.63, 3.8) is 0 Å². The van der Waals surface area contributed by atoms with Crippen molar-refractivity contribution in [1.29, 1.82) is 0 Å². The molecule has 0 aliphatic heterocycles. The van der Waals surface area contributed by atoms with E-state index in [1.54, 1.807) is 18.2 Å². The normalized spacial score (nSPS) is 11.7. The van der Waals surface area contributed by atoms with Crippen LogP contribution in [-0.2, 0) is 11.2 Å². The molecule has 2 N–H and O–H groups in total. The topological polar surface area (TPSA) is 76.7 Å². The molecule has 0 aromatic heterocycles. The van der Waals surface area contributed by atoms with Gasteiger partial charge in [0.2, 0.25) is 5.91 Å². The number of rotatable bonds is 9. The van der Waals surface area contributed by atoms with E-state index in [4.69, 9.17) is 9.47 Å². The number of methoxy groups -OCH3 is 2. The Bertz CT molecular complexity index is 809. The minimum Gasteiger partial charge on any atom is -0.497 e. The van der Waals surface area contributed by atoms with E-state index in [0.717, 1.165) is 12.8 Å². The van der Waals surface area contributed by atoms with Crippen LogP contribution in [0, 0.1) is 5.92 Å². The molecule has 0 bridgehead atoms. The zero-order chi connectivity index (χ0) is 21.4. The maximum atomic E-state index is 12.8. The fourth-order valence-corrected chi connectivity index (χ4v) is 2.96. The van der Waals surface area contributed by atoms with Crippen LogP contribution in [-0.4, -0.2) is 32.1 Å². The summed E-state index contributed by atoms with van der Waals surface area (Å²) in [6, 6.07) is 12.0. The van der Waals surface area contributed by atoms with Crippen molar-refractivity contribution in [2.24, 2.45) is 5.92 Å². The lowest BCUT2D eigenvalue weighted by atomic mass is 10.0. The highest BCUT2D eigenvalue weighted by Crippen LogP contribution is 2.23. The van der Waals surface area contributed by atoms with Gasteiger partial charge in [-0.3, -0.25) is 9.59 Å². The molecule has 0 fully saturated rings. The Labute approximate surface area is 172 Å². The minimum absolute atomic E-state index is 0.0918. The van der Waals surface area contributed by atoms with Crippen LogP contribution in [0.15, 0.2) is 42.5 Å². The largest absolute Gasteiger partial charge is 0.497 e. The minimum atomic E-state index is -0.685. The Kier molecular flexibility index (Phi) is 8.07. The highest BCUT2D eigenvalue weighted by atomic mass is 16.5. The standard InChI is InChI=1S/C23H30N2O4/c1-6-7-16-8-10-18(11-9-16)24-23(27)21(15(2)3)25-22(26)17-12-19(28-4)14-20(13-17)29-5/h8-15,21H,6-7H2,1-5H3,(H,24,27)(H,25,26). The summed E-state index contributed by atoms with van der Waals surface area (Å²) in [5.74, 6) is 0.297. The van der Waals surface area contributed by atoms with E-state index in [1.807, 2.05) is 38.1 Å². The van der Waals surface area contributed by atoms with E-state index in [2.05, 4.69) is 17.6 Å². The van der Waals surface area contributed by atoms with Gasteiger partial charge in [-0.25, -0.2) is 0 Å². The molecule has 0 radical (unpaired) electrons. The third kappa shape index (κ3) is 6.24. The Morgan fingerprint density at radius 2 is 1.55 bits per heavy atom. The van der Waals surface area contributed by atoms with Gasteiger partial charge in [0.15, 0.2) is 0 Å². The van der Waals surface area contributed by atoms with Gasteiger partial charge < -0.3 is 20.1 Å². The monoisotopic (exact) mass is 398 g/mol. The number of carbonyl (C=O) groups is 2. The number of aryl methyl sites for hydroxylation is 1. The van der Waals surface area contributed by atoms with Crippen molar-refractivity contribution in [1.82, 2.24) is 5.32 Å². The number of anilines is 1. The SMILES string of the molecule is CCCc1ccc(NC(=O)C(NC(=O)c2cc(OC)cc(OC)c2)C(C)C)cc1. The van der Waals surface area contributed by atoms with Crippen molar-refractivity contribution < 1.29 is 19.1 Å². The lowest BCUT2D eigenvalue weighted by molar-refractivity contribution is -0.118. The van der Waals surface area contributed by atoms with Crippen LogP contribution in [0.4, 0.5) is 5.69 Å². The molecule has 0 saturated heterocycles. The molecular weight excluding hydrogens is 368 g/mol. The number of amides is 2. The highest BCUT2D eigenvalue weighted by Gasteiger charge is 2.25. The summed E-state index contributed by atoms with van der Waals surface area (Å²) in [7, 11) is 3.04. The van der Waals surface area contributed by atoms with E-state index in [1.165, 1.54) is 19.8 Å². The van der Waals surface area contributed by atoms with Crippen molar-refractivity contribution in [2.45, 2.75) is 39.7 Å². The quantitative estimate of drug-likeness (QED) is 0.668. The predicted molar refractivity (Wildman–Crippen MR) is 115 cm³/mol. The van der Waals surface area contributed by atoms with Crippen LogP contribution in [0.1, 0.15) is 43.1 Å². The van der Waals surface area contributed by atoms with Gasteiger partial charge in [-0.15, -0.1) is 0 Å². The summed E-state index contributed by atoms with van der Waals surface area (Å²) in [4.78, 5) is 25.6. The molecule has 29 heavy (non-hydrogen) atoms. The first-order valence-electron chi connectivity index (χ1n) is 9.81. The molecule has 2 amide bonds. The lowest BCUT2D eigenvalue weighted by Gasteiger charge is -2.22. The molecule has 2 aromatic rings. The second kappa shape index (κ2) is 10.5. The van der Waals surface area contributed by atoms with Gasteiger partial charge in [0.05, 0.1) is 14.2 Å². The molecule has 6 heteroatoms. The van der Waals surface area contributed by atoms with E-state index >= 15 is 0 Å². The molecule has 1 atom stereocenters. The number of hydrogen-bond acceptors (Lipinski definition) is 4. The average molecular weight is 399 g/mol. The van der Waals surface area contributed by atoms with Crippen LogP contribution in [0.25, 0.3) is 0 Å².